The van der Waals surface area contributed by atoms with Gasteiger partial charge in [-0.3, -0.25) is 0 Å². The second-order valence-corrected chi connectivity index (χ2v) is 14.1. The third kappa shape index (κ3) is 4.03. The van der Waals surface area contributed by atoms with Crippen LogP contribution in [0.15, 0.2) is 152 Å². The van der Waals surface area contributed by atoms with E-state index >= 15 is 0 Å². The number of para-hydroxylation sites is 3. The van der Waals surface area contributed by atoms with Crippen LogP contribution in [-0.4, -0.2) is 7.28 Å². The van der Waals surface area contributed by atoms with Crippen molar-refractivity contribution >= 4 is 99.7 Å². The molecule has 0 aliphatic carbocycles. The maximum absolute atomic E-state index is 6.48. The summed E-state index contributed by atoms with van der Waals surface area (Å²) in [5.74, 6) is 1.78. The molecule has 2 aliphatic heterocycles. The molecular weight excluding hydrogens is 615 g/mol. The van der Waals surface area contributed by atoms with Crippen LogP contribution in [0, 0.1) is 0 Å². The molecule has 0 atom stereocenters. The molecule has 0 fully saturated rings. The second kappa shape index (κ2) is 10.2. The Bertz CT molecular complexity index is 2840. The Labute approximate surface area is 287 Å². The van der Waals surface area contributed by atoms with Crippen molar-refractivity contribution in [2.24, 2.45) is 0 Å². The van der Waals surface area contributed by atoms with Crippen LogP contribution >= 0.6 is 11.3 Å². The molecule has 11 rings (SSSR count). The minimum atomic E-state index is 0.805. The molecule has 0 saturated heterocycles. The Morgan fingerprint density at radius 1 is 0.551 bits per heavy atom. The Balaban J connectivity index is 1.19. The number of anilines is 5. The first kappa shape index (κ1) is 27.0. The lowest BCUT2D eigenvalue weighted by molar-refractivity contribution is 0.477. The summed E-state index contributed by atoms with van der Waals surface area (Å²) in [6.45, 7) is 0. The number of hydrogen-bond donors (Lipinski definition) is 1. The lowest BCUT2D eigenvalue weighted by Gasteiger charge is -2.39. The number of rotatable bonds is 3. The molecule has 0 amide bonds. The molecule has 3 nitrogen and oxygen atoms in total. The number of ether oxygens (including phenoxy) is 1. The van der Waals surface area contributed by atoms with Gasteiger partial charge in [0.2, 0.25) is 0 Å². The summed E-state index contributed by atoms with van der Waals surface area (Å²) >= 11 is 1.85. The van der Waals surface area contributed by atoms with Crippen molar-refractivity contribution in [3.05, 3.63) is 152 Å². The van der Waals surface area contributed by atoms with Crippen LogP contribution in [0.5, 0.6) is 11.5 Å². The lowest BCUT2D eigenvalue weighted by Crippen LogP contribution is -2.42. The van der Waals surface area contributed by atoms with E-state index in [4.69, 9.17) is 4.74 Å². The highest BCUT2D eigenvalue weighted by Gasteiger charge is 2.35. The number of benzene rings is 8. The van der Waals surface area contributed by atoms with Gasteiger partial charge in [0, 0.05) is 42.8 Å². The summed E-state index contributed by atoms with van der Waals surface area (Å²) in [7, 11) is 0.805. The van der Waals surface area contributed by atoms with Gasteiger partial charge in [-0.15, -0.1) is 11.3 Å². The first-order chi connectivity index (χ1) is 24.3. The van der Waals surface area contributed by atoms with E-state index in [9.17, 15) is 0 Å². The van der Waals surface area contributed by atoms with Crippen LogP contribution in [0.25, 0.3) is 52.8 Å². The average Bonchev–Trinajstić information content (AvgIpc) is 3.52. The summed E-state index contributed by atoms with van der Waals surface area (Å²) < 4.78 is 9.10. The van der Waals surface area contributed by atoms with E-state index in [0.29, 0.717) is 0 Å². The van der Waals surface area contributed by atoms with Crippen LogP contribution in [0.2, 0.25) is 0 Å². The zero-order chi connectivity index (χ0) is 32.1. The fourth-order valence-electron chi connectivity index (χ4n) is 8.03. The molecule has 0 saturated carbocycles. The Morgan fingerprint density at radius 2 is 1.29 bits per heavy atom. The summed E-state index contributed by atoms with van der Waals surface area (Å²) in [6, 6.07) is 55.0. The standard InChI is InChI=1S/C44H27BN2OS/c1-2-11-27-23-35(46-29-20-21-41-32(25-29)31-14-5-8-19-40(31)49-41)33(22-26(27)10-1)42-30-13-4-3-12-28(30)24-37-43(42)45-34-15-9-18-39-44(34)47(37)36-16-6-7-17-38(36)48-39/h1-25,45-46H. The molecule has 3 heterocycles. The highest BCUT2D eigenvalue weighted by molar-refractivity contribution is 7.25. The number of thiophene rings is 1. The third-order valence-corrected chi connectivity index (χ3v) is 11.3. The van der Waals surface area contributed by atoms with E-state index in [1.54, 1.807) is 0 Å². The Morgan fingerprint density at radius 3 is 2.20 bits per heavy atom. The van der Waals surface area contributed by atoms with Crippen molar-refractivity contribution < 1.29 is 4.74 Å². The van der Waals surface area contributed by atoms with Crippen molar-refractivity contribution in [1.82, 2.24) is 0 Å². The number of hydrogen-bond acceptors (Lipinski definition) is 4. The van der Waals surface area contributed by atoms with Gasteiger partial charge in [0.25, 0.3) is 0 Å². The first-order valence-corrected chi connectivity index (χ1v) is 17.5. The molecule has 228 valence electrons. The van der Waals surface area contributed by atoms with E-state index in [1.807, 2.05) is 17.4 Å². The van der Waals surface area contributed by atoms with E-state index in [1.165, 1.54) is 69.5 Å². The quantitative estimate of drug-likeness (QED) is 0.194. The summed E-state index contributed by atoms with van der Waals surface area (Å²) in [5, 5.41) is 11.4. The molecule has 0 unspecified atom stereocenters. The van der Waals surface area contributed by atoms with Gasteiger partial charge in [0.1, 0.15) is 0 Å². The molecule has 5 heteroatoms. The zero-order valence-corrected chi connectivity index (χ0v) is 27.2. The largest absolute Gasteiger partial charge is 0.453 e. The molecule has 1 aromatic heterocycles. The second-order valence-electron chi connectivity index (χ2n) is 13.0. The minimum absolute atomic E-state index is 0.805. The van der Waals surface area contributed by atoms with Gasteiger partial charge >= 0.3 is 0 Å². The van der Waals surface area contributed by atoms with E-state index in [0.717, 1.165) is 41.5 Å². The van der Waals surface area contributed by atoms with Crippen LogP contribution in [0.3, 0.4) is 0 Å². The van der Waals surface area contributed by atoms with E-state index < -0.39 is 0 Å². The molecule has 0 spiro atoms. The molecule has 9 aromatic rings. The molecule has 49 heavy (non-hydrogen) atoms. The zero-order valence-electron chi connectivity index (χ0n) is 26.4. The van der Waals surface area contributed by atoms with Crippen molar-refractivity contribution in [3.63, 3.8) is 0 Å². The Kier molecular flexibility index (Phi) is 5.63. The van der Waals surface area contributed by atoms with Gasteiger partial charge in [-0.1, -0.05) is 96.5 Å². The van der Waals surface area contributed by atoms with Crippen molar-refractivity contribution in [2.75, 3.05) is 10.2 Å². The topological polar surface area (TPSA) is 24.5 Å². The predicted molar refractivity (Wildman–Crippen MR) is 211 cm³/mol. The number of nitrogens with one attached hydrogen (secondary N) is 1. The fourth-order valence-corrected chi connectivity index (χ4v) is 9.11. The number of nitrogens with zero attached hydrogens (tertiary/aromatic N) is 1. The van der Waals surface area contributed by atoms with Crippen molar-refractivity contribution in [3.8, 4) is 22.6 Å². The summed E-state index contributed by atoms with van der Waals surface area (Å²) in [6.07, 6.45) is 0. The highest BCUT2D eigenvalue weighted by Crippen LogP contribution is 2.52. The van der Waals surface area contributed by atoms with Crippen molar-refractivity contribution in [2.45, 2.75) is 0 Å². The highest BCUT2D eigenvalue weighted by atomic mass is 32.1. The summed E-state index contributed by atoms with van der Waals surface area (Å²) in [5.41, 5.74) is 10.6. The van der Waals surface area contributed by atoms with Gasteiger partial charge in [-0.05, 0) is 93.2 Å². The van der Waals surface area contributed by atoms with Crippen LogP contribution < -0.4 is 25.9 Å². The van der Waals surface area contributed by atoms with Gasteiger partial charge in [0.05, 0.1) is 11.4 Å². The van der Waals surface area contributed by atoms with Crippen LogP contribution in [0.1, 0.15) is 0 Å². The molecular formula is C44H27BN2OS. The van der Waals surface area contributed by atoms with E-state index in [2.05, 4.69) is 156 Å². The van der Waals surface area contributed by atoms with Gasteiger partial charge in [-0.2, -0.15) is 0 Å². The third-order valence-electron chi connectivity index (χ3n) is 10.2. The molecule has 2 aliphatic rings. The van der Waals surface area contributed by atoms with Gasteiger partial charge < -0.3 is 15.0 Å². The molecule has 8 aromatic carbocycles. The monoisotopic (exact) mass is 642 g/mol. The van der Waals surface area contributed by atoms with Crippen LogP contribution in [0.4, 0.5) is 28.4 Å². The van der Waals surface area contributed by atoms with Gasteiger partial charge in [0.15, 0.2) is 18.8 Å². The smallest absolute Gasteiger partial charge is 0.198 e. The maximum atomic E-state index is 6.48. The SMILES string of the molecule is B1c2cccc3c2N(c2ccccc2O3)c2cc3ccccc3c(-c3cc4ccccc4cc3Nc3ccc4sc5ccccc5c4c3)c21. The van der Waals surface area contributed by atoms with Crippen LogP contribution in [-0.2, 0) is 0 Å². The molecule has 0 bridgehead atoms. The fraction of sp³-hybridized carbons (Fsp3) is 0. The first-order valence-electron chi connectivity index (χ1n) is 16.7. The predicted octanol–water partition coefficient (Wildman–Crippen LogP) is 11.0. The summed E-state index contributed by atoms with van der Waals surface area (Å²) in [4.78, 5) is 2.43. The Hall–Kier alpha value is -6.04. The lowest BCUT2D eigenvalue weighted by atomic mass is 9.57. The molecule has 1 N–H and O–H groups in total. The minimum Gasteiger partial charge on any atom is -0.453 e. The molecule has 0 radical (unpaired) electrons. The number of fused-ring (bicyclic) bond motifs is 9. The van der Waals surface area contributed by atoms with Gasteiger partial charge in [-0.25, -0.2) is 0 Å². The normalized spacial score (nSPS) is 12.8. The maximum Gasteiger partial charge on any atom is 0.198 e. The average molecular weight is 643 g/mol. The van der Waals surface area contributed by atoms with Crippen molar-refractivity contribution in [1.29, 1.82) is 0 Å². The van der Waals surface area contributed by atoms with E-state index in [-0.39, 0.29) is 0 Å².